The Morgan fingerprint density at radius 2 is 2.24 bits per heavy atom. The zero-order valence-electron chi connectivity index (χ0n) is 10.7. The lowest BCUT2D eigenvalue weighted by Gasteiger charge is -2.18. The van der Waals surface area contributed by atoms with Crippen LogP contribution in [0.5, 0.6) is 5.75 Å². The van der Waals surface area contributed by atoms with Gasteiger partial charge in [-0.1, -0.05) is 6.07 Å². The van der Waals surface area contributed by atoms with Crippen LogP contribution in [0.25, 0.3) is 11.3 Å². The molecule has 0 saturated carbocycles. The zero-order valence-corrected chi connectivity index (χ0v) is 12.3. The molecule has 0 fully saturated rings. The van der Waals surface area contributed by atoms with E-state index in [1.807, 2.05) is 17.5 Å². The van der Waals surface area contributed by atoms with Crippen molar-refractivity contribution in [2.45, 2.75) is 0 Å². The summed E-state index contributed by atoms with van der Waals surface area (Å²) >= 11 is 1.34. The Kier molecular flexibility index (Phi) is 4.29. The highest BCUT2D eigenvalue weighted by molar-refractivity contribution is 7.13. The quantitative estimate of drug-likeness (QED) is 0.571. The van der Waals surface area contributed by atoms with Crippen LogP contribution in [-0.4, -0.2) is 23.5 Å². The zero-order chi connectivity index (χ0) is 14.1. The van der Waals surface area contributed by atoms with Crippen molar-refractivity contribution in [1.82, 2.24) is 4.98 Å². The van der Waals surface area contributed by atoms with Crippen LogP contribution in [0.3, 0.4) is 0 Å². The number of nitrogens with two attached hydrogens (primary N) is 2. The van der Waals surface area contributed by atoms with Crippen molar-refractivity contribution in [3.05, 3.63) is 23.6 Å². The van der Waals surface area contributed by atoms with E-state index in [2.05, 4.69) is 15.3 Å². The van der Waals surface area contributed by atoms with Gasteiger partial charge in [0.25, 0.3) is 5.91 Å². The second-order valence-corrected chi connectivity index (χ2v) is 4.94. The number of rotatable bonds is 2. The number of thiazole rings is 1. The fourth-order valence-electron chi connectivity index (χ4n) is 1.79. The van der Waals surface area contributed by atoms with Crippen LogP contribution in [0.1, 0.15) is 0 Å². The number of fused-ring (bicyclic) bond motifs is 1. The van der Waals surface area contributed by atoms with E-state index in [-0.39, 0.29) is 30.9 Å². The van der Waals surface area contributed by atoms with E-state index >= 15 is 0 Å². The Labute approximate surface area is 130 Å². The lowest BCUT2D eigenvalue weighted by Crippen LogP contribution is -2.25. The number of hydrogen-bond acceptors (Lipinski definition) is 5. The predicted molar refractivity (Wildman–Crippen MR) is 84.4 cm³/mol. The van der Waals surface area contributed by atoms with Crippen molar-refractivity contribution in [3.8, 4) is 17.0 Å². The summed E-state index contributed by atoms with van der Waals surface area (Å²) in [4.78, 5) is 19.4. The molecular formula is C12H12ClN5O2S. The van der Waals surface area contributed by atoms with Gasteiger partial charge >= 0.3 is 0 Å². The van der Waals surface area contributed by atoms with Gasteiger partial charge in [0.15, 0.2) is 12.6 Å². The monoisotopic (exact) mass is 325 g/mol. The SMILES string of the molecule is Cl.NC(N)=Nc1nc(-c2ccc3c(c2)OCC(=O)N3)cs1. The number of hydrogen-bond donors (Lipinski definition) is 3. The number of carbonyl (C=O) groups excluding carboxylic acids is 1. The molecule has 110 valence electrons. The first-order valence-corrected chi connectivity index (χ1v) is 6.62. The van der Waals surface area contributed by atoms with Crippen LogP contribution >= 0.6 is 23.7 Å². The fourth-order valence-corrected chi connectivity index (χ4v) is 2.51. The minimum Gasteiger partial charge on any atom is -0.482 e. The Bertz CT molecular complexity index is 711. The molecule has 0 spiro atoms. The molecule has 21 heavy (non-hydrogen) atoms. The van der Waals surface area contributed by atoms with E-state index < -0.39 is 0 Å². The molecule has 3 rings (SSSR count). The number of carbonyl (C=O) groups is 1. The normalized spacial score (nSPS) is 12.5. The first kappa shape index (κ1) is 15.1. The van der Waals surface area contributed by atoms with E-state index in [4.69, 9.17) is 16.2 Å². The van der Waals surface area contributed by atoms with E-state index in [9.17, 15) is 4.79 Å². The van der Waals surface area contributed by atoms with Gasteiger partial charge in [0.2, 0.25) is 5.13 Å². The van der Waals surface area contributed by atoms with Gasteiger partial charge in [-0.05, 0) is 12.1 Å². The molecule has 0 saturated heterocycles. The second kappa shape index (κ2) is 5.98. The summed E-state index contributed by atoms with van der Waals surface area (Å²) < 4.78 is 5.37. The molecule has 0 unspecified atom stereocenters. The first-order chi connectivity index (χ1) is 9.61. The number of amides is 1. The van der Waals surface area contributed by atoms with E-state index in [1.165, 1.54) is 11.3 Å². The van der Waals surface area contributed by atoms with Crippen molar-refractivity contribution in [3.63, 3.8) is 0 Å². The molecule has 0 radical (unpaired) electrons. The van der Waals surface area contributed by atoms with Gasteiger partial charge in [-0.25, -0.2) is 4.98 Å². The van der Waals surface area contributed by atoms with Gasteiger partial charge < -0.3 is 21.5 Å². The molecule has 7 nitrogen and oxygen atoms in total. The van der Waals surface area contributed by atoms with Crippen molar-refractivity contribution in [1.29, 1.82) is 0 Å². The van der Waals surface area contributed by atoms with Crippen molar-refractivity contribution in [2.75, 3.05) is 11.9 Å². The summed E-state index contributed by atoms with van der Waals surface area (Å²) in [7, 11) is 0. The summed E-state index contributed by atoms with van der Waals surface area (Å²) in [6, 6.07) is 5.45. The molecule has 0 aliphatic carbocycles. The van der Waals surface area contributed by atoms with Crippen LogP contribution in [0, 0.1) is 0 Å². The number of nitrogens with one attached hydrogen (secondary N) is 1. The molecule has 1 aliphatic heterocycles. The first-order valence-electron chi connectivity index (χ1n) is 5.74. The fraction of sp³-hybridized carbons (Fsp3) is 0.0833. The lowest BCUT2D eigenvalue weighted by molar-refractivity contribution is -0.118. The highest BCUT2D eigenvalue weighted by Gasteiger charge is 2.16. The largest absolute Gasteiger partial charge is 0.482 e. The Morgan fingerprint density at radius 3 is 3.00 bits per heavy atom. The molecule has 1 amide bonds. The molecule has 2 heterocycles. The number of aromatic nitrogens is 1. The molecule has 1 aromatic heterocycles. The molecule has 5 N–H and O–H groups in total. The minimum absolute atomic E-state index is 0. The van der Waals surface area contributed by atoms with E-state index in [0.29, 0.717) is 16.6 Å². The topological polar surface area (TPSA) is 116 Å². The lowest BCUT2D eigenvalue weighted by atomic mass is 10.1. The molecule has 2 aromatic rings. The summed E-state index contributed by atoms with van der Waals surface area (Å²) in [6.07, 6.45) is 0. The summed E-state index contributed by atoms with van der Waals surface area (Å²) in [5.74, 6) is 0.440. The number of benzene rings is 1. The molecule has 9 heteroatoms. The highest BCUT2D eigenvalue weighted by Crippen LogP contribution is 2.34. The third-order valence-electron chi connectivity index (χ3n) is 2.63. The van der Waals surface area contributed by atoms with Gasteiger partial charge in [-0.2, -0.15) is 4.99 Å². The molecular weight excluding hydrogens is 314 g/mol. The average Bonchev–Trinajstić information content (AvgIpc) is 2.85. The third-order valence-corrected chi connectivity index (χ3v) is 3.36. The number of anilines is 1. The Balaban J connectivity index is 0.00000161. The second-order valence-electron chi connectivity index (χ2n) is 4.10. The Hall–Kier alpha value is -2.32. The third kappa shape index (κ3) is 3.23. The van der Waals surface area contributed by atoms with Crippen LogP contribution in [-0.2, 0) is 4.79 Å². The Morgan fingerprint density at radius 1 is 1.43 bits per heavy atom. The van der Waals surface area contributed by atoms with Crippen LogP contribution in [0.15, 0.2) is 28.6 Å². The number of nitrogens with zero attached hydrogens (tertiary/aromatic N) is 2. The maximum Gasteiger partial charge on any atom is 0.262 e. The number of guanidine groups is 1. The van der Waals surface area contributed by atoms with Crippen LogP contribution < -0.4 is 21.5 Å². The van der Waals surface area contributed by atoms with Crippen molar-refractivity contribution < 1.29 is 9.53 Å². The summed E-state index contributed by atoms with van der Waals surface area (Å²) in [5.41, 5.74) is 12.9. The minimum atomic E-state index is -0.158. The maximum absolute atomic E-state index is 11.2. The maximum atomic E-state index is 11.2. The highest BCUT2D eigenvalue weighted by atomic mass is 35.5. The van der Waals surface area contributed by atoms with E-state index in [0.717, 1.165) is 11.3 Å². The predicted octanol–water partition coefficient (Wildman–Crippen LogP) is 1.47. The van der Waals surface area contributed by atoms with Crippen LogP contribution in [0.2, 0.25) is 0 Å². The standard InChI is InChI=1S/C12H11N5O2S.ClH/c13-11(14)17-12-16-8(5-20-12)6-1-2-7-9(3-6)19-4-10(18)15-7;/h1-3,5H,4H2,(H,15,18)(H4,13,14,16,17);1H. The molecule has 0 atom stereocenters. The smallest absolute Gasteiger partial charge is 0.262 e. The van der Waals surface area contributed by atoms with Crippen molar-refractivity contribution in [2.24, 2.45) is 16.5 Å². The summed E-state index contributed by atoms with van der Waals surface area (Å²) in [5, 5.41) is 5.08. The average molecular weight is 326 g/mol. The van der Waals surface area contributed by atoms with E-state index in [1.54, 1.807) is 6.07 Å². The van der Waals surface area contributed by atoms with Gasteiger partial charge in [0.05, 0.1) is 11.4 Å². The molecule has 1 aromatic carbocycles. The number of ether oxygens (including phenoxy) is 1. The molecule has 0 bridgehead atoms. The van der Waals surface area contributed by atoms with Crippen LogP contribution in [0.4, 0.5) is 10.8 Å². The van der Waals surface area contributed by atoms with Gasteiger partial charge in [-0.3, -0.25) is 4.79 Å². The molecule has 1 aliphatic rings. The van der Waals surface area contributed by atoms with Crippen molar-refractivity contribution >= 4 is 46.4 Å². The van der Waals surface area contributed by atoms with Gasteiger partial charge in [0, 0.05) is 10.9 Å². The summed E-state index contributed by atoms with van der Waals surface area (Å²) in [6.45, 7) is 0.0206. The number of halogens is 1. The van der Waals surface area contributed by atoms with Gasteiger partial charge in [0.1, 0.15) is 5.75 Å². The number of aliphatic imine (C=N–C) groups is 1. The van der Waals surface area contributed by atoms with Gasteiger partial charge in [-0.15, -0.1) is 23.7 Å².